The quantitative estimate of drug-likeness (QED) is 0.217. The number of hydrogen-bond acceptors (Lipinski definition) is 7. The lowest BCUT2D eigenvalue weighted by molar-refractivity contribution is -0.138. The Morgan fingerprint density at radius 3 is 2.15 bits per heavy atom. The smallest absolute Gasteiger partial charge is 0.313 e. The minimum absolute atomic E-state index is 0.0511. The Bertz CT molecular complexity index is 1690. The number of ether oxygens (including phenoxy) is 1. The van der Waals surface area contributed by atoms with Gasteiger partial charge in [-0.05, 0) is 60.5 Å². The Morgan fingerprint density at radius 1 is 0.927 bits per heavy atom. The fourth-order valence-electron chi connectivity index (χ4n) is 4.67. The van der Waals surface area contributed by atoms with Crippen molar-refractivity contribution in [3.05, 3.63) is 104 Å². The van der Waals surface area contributed by atoms with Gasteiger partial charge >= 0.3 is 16.2 Å². The van der Waals surface area contributed by atoms with Crippen molar-refractivity contribution in [2.24, 2.45) is 0 Å². The van der Waals surface area contributed by atoms with E-state index in [1.54, 1.807) is 42.5 Å². The molecule has 10 nitrogen and oxygen atoms in total. The number of carbonyl (C=O) groups excluding carboxylic acids is 4. The molecular formula is C28H21Br2N3O7S. The largest absolute Gasteiger partial charge is 0.426 e. The van der Waals surface area contributed by atoms with Crippen molar-refractivity contribution in [3.8, 4) is 5.75 Å². The molecule has 1 unspecified atom stereocenters. The molecule has 3 amide bonds. The highest BCUT2D eigenvalue weighted by atomic mass is 79.9. The molecule has 41 heavy (non-hydrogen) atoms. The minimum Gasteiger partial charge on any atom is -0.426 e. The summed E-state index contributed by atoms with van der Waals surface area (Å²) in [6.07, 6.45) is 2.85. The van der Waals surface area contributed by atoms with Gasteiger partial charge in [0.25, 0.3) is 11.8 Å². The van der Waals surface area contributed by atoms with Gasteiger partial charge in [-0.1, -0.05) is 62.2 Å². The molecule has 3 aromatic rings. The van der Waals surface area contributed by atoms with Crippen LogP contribution in [0.5, 0.6) is 5.75 Å². The molecule has 2 aliphatic heterocycles. The van der Waals surface area contributed by atoms with Gasteiger partial charge in [-0.3, -0.25) is 19.2 Å². The number of benzene rings is 3. The first-order valence-corrected chi connectivity index (χ1v) is 15.3. The number of halogens is 2. The van der Waals surface area contributed by atoms with Crippen molar-refractivity contribution in [2.75, 3.05) is 0 Å². The highest BCUT2D eigenvalue weighted by Gasteiger charge is 2.45. The van der Waals surface area contributed by atoms with Gasteiger partial charge in [-0.25, -0.2) is 0 Å². The molecule has 13 heteroatoms. The van der Waals surface area contributed by atoms with Crippen molar-refractivity contribution < 1.29 is 32.3 Å². The van der Waals surface area contributed by atoms with Crippen molar-refractivity contribution in [2.45, 2.75) is 25.4 Å². The lowest BCUT2D eigenvalue weighted by atomic mass is 9.93. The van der Waals surface area contributed by atoms with E-state index in [1.165, 1.54) is 42.3 Å². The SMILES string of the molecule is C[C@H](NS(=O)(=O)N1C(=O)c2ccccc2C1=O)C(=O)N1C=Cc2c(Br)ccc(Br)c2C1CC(=O)Oc1ccccc1. The maximum absolute atomic E-state index is 13.7. The summed E-state index contributed by atoms with van der Waals surface area (Å²) in [4.78, 5) is 53.5. The molecule has 3 aromatic carbocycles. The van der Waals surface area contributed by atoms with E-state index in [-0.39, 0.29) is 21.9 Å². The normalized spacial score (nSPS) is 16.8. The summed E-state index contributed by atoms with van der Waals surface area (Å²) < 4.78 is 35.4. The van der Waals surface area contributed by atoms with E-state index in [0.29, 0.717) is 15.8 Å². The monoisotopic (exact) mass is 701 g/mol. The zero-order valence-electron chi connectivity index (χ0n) is 21.3. The fraction of sp³-hybridized carbons (Fsp3) is 0.143. The average molecular weight is 703 g/mol. The van der Waals surface area contributed by atoms with Crippen LogP contribution in [0.4, 0.5) is 0 Å². The Hall–Kier alpha value is -3.65. The van der Waals surface area contributed by atoms with E-state index in [2.05, 4.69) is 36.6 Å². The lowest BCUT2D eigenvalue weighted by Gasteiger charge is -2.35. The molecule has 2 heterocycles. The van der Waals surface area contributed by atoms with E-state index in [9.17, 15) is 27.6 Å². The number of imide groups is 1. The fourth-order valence-corrected chi connectivity index (χ4v) is 7.05. The highest BCUT2D eigenvalue weighted by Crippen LogP contribution is 2.41. The van der Waals surface area contributed by atoms with Gasteiger partial charge in [0.15, 0.2) is 0 Å². The summed E-state index contributed by atoms with van der Waals surface area (Å²) in [5.41, 5.74) is 1.23. The summed E-state index contributed by atoms with van der Waals surface area (Å²) in [7, 11) is -4.76. The standard InChI is InChI=1S/C28H21Br2N3O7S/c1-16(31-41(38,39)33-27(36)18-9-5-6-10-19(18)28(33)37)26(35)32-14-13-20-21(29)11-12-22(30)25(20)23(32)15-24(34)40-17-7-3-2-4-8-17/h2-14,16,23,31H,15H2,1H3/t16-,23?/m0/s1. The summed E-state index contributed by atoms with van der Waals surface area (Å²) in [5, 5.41) is 0. The van der Waals surface area contributed by atoms with Gasteiger partial charge in [0, 0.05) is 15.1 Å². The minimum atomic E-state index is -4.76. The van der Waals surface area contributed by atoms with Crippen LogP contribution >= 0.6 is 31.9 Å². The maximum Gasteiger partial charge on any atom is 0.313 e. The predicted molar refractivity (Wildman–Crippen MR) is 156 cm³/mol. The molecule has 210 valence electrons. The van der Waals surface area contributed by atoms with E-state index in [4.69, 9.17) is 4.74 Å². The summed E-state index contributed by atoms with van der Waals surface area (Å²) in [6, 6.07) is 15.5. The molecule has 0 aliphatic carbocycles. The van der Waals surface area contributed by atoms with Crippen LogP contribution in [-0.4, -0.2) is 47.4 Å². The van der Waals surface area contributed by atoms with E-state index >= 15 is 0 Å². The van der Waals surface area contributed by atoms with Crippen LogP contribution in [0.2, 0.25) is 0 Å². The molecular weight excluding hydrogens is 682 g/mol. The number of hydrogen-bond donors (Lipinski definition) is 1. The van der Waals surface area contributed by atoms with Crippen LogP contribution in [0, 0.1) is 0 Å². The van der Waals surface area contributed by atoms with Gasteiger partial charge in [0.1, 0.15) is 5.75 Å². The van der Waals surface area contributed by atoms with Crippen molar-refractivity contribution >= 4 is 71.8 Å². The van der Waals surface area contributed by atoms with Crippen LogP contribution in [0.25, 0.3) is 6.08 Å². The van der Waals surface area contributed by atoms with Crippen molar-refractivity contribution in [1.29, 1.82) is 0 Å². The van der Waals surface area contributed by atoms with Crippen LogP contribution in [0.15, 0.2) is 81.9 Å². The molecule has 1 N–H and O–H groups in total. The van der Waals surface area contributed by atoms with Gasteiger partial charge < -0.3 is 9.64 Å². The van der Waals surface area contributed by atoms with E-state index < -0.39 is 46.0 Å². The van der Waals surface area contributed by atoms with E-state index in [1.807, 2.05) is 6.07 Å². The Morgan fingerprint density at radius 2 is 1.51 bits per heavy atom. The number of fused-ring (bicyclic) bond motifs is 2. The number of nitrogens with zero attached hydrogens (tertiary/aromatic N) is 2. The summed E-state index contributed by atoms with van der Waals surface area (Å²) in [5.74, 6) is -3.04. The molecule has 2 aliphatic rings. The molecule has 0 radical (unpaired) electrons. The Balaban J connectivity index is 1.41. The Kier molecular flexibility index (Phi) is 7.97. The van der Waals surface area contributed by atoms with Gasteiger partial charge in [-0.2, -0.15) is 17.4 Å². The van der Waals surface area contributed by atoms with Gasteiger partial charge in [-0.15, -0.1) is 0 Å². The third-order valence-electron chi connectivity index (χ3n) is 6.53. The summed E-state index contributed by atoms with van der Waals surface area (Å²) in [6.45, 7) is 1.29. The van der Waals surface area contributed by atoms with Crippen LogP contribution < -0.4 is 9.46 Å². The third kappa shape index (κ3) is 5.49. The topological polar surface area (TPSA) is 130 Å². The molecule has 0 saturated carbocycles. The van der Waals surface area contributed by atoms with Gasteiger partial charge in [0.05, 0.1) is 29.6 Å². The number of amides is 3. The predicted octanol–water partition coefficient (Wildman–Crippen LogP) is 4.58. The van der Waals surface area contributed by atoms with E-state index in [0.717, 1.165) is 10.0 Å². The highest BCUT2D eigenvalue weighted by molar-refractivity contribution is 9.11. The summed E-state index contributed by atoms with van der Waals surface area (Å²) >= 11 is 7.01. The van der Waals surface area contributed by atoms with Crippen LogP contribution in [-0.2, 0) is 19.8 Å². The first-order chi connectivity index (χ1) is 19.5. The molecule has 5 rings (SSSR count). The first kappa shape index (κ1) is 28.9. The Labute approximate surface area is 252 Å². The van der Waals surface area contributed by atoms with Crippen molar-refractivity contribution in [1.82, 2.24) is 13.9 Å². The third-order valence-corrected chi connectivity index (χ3v) is 9.38. The zero-order chi connectivity index (χ0) is 29.5. The molecule has 0 aromatic heterocycles. The second kappa shape index (κ2) is 11.3. The molecule has 0 spiro atoms. The second-order valence-electron chi connectivity index (χ2n) is 9.19. The molecule has 0 bridgehead atoms. The van der Waals surface area contributed by atoms with Crippen molar-refractivity contribution in [3.63, 3.8) is 0 Å². The number of nitrogens with one attached hydrogen (secondary N) is 1. The van der Waals surface area contributed by atoms with Gasteiger partial charge in [0.2, 0.25) is 5.91 Å². The average Bonchev–Trinajstić information content (AvgIpc) is 3.21. The number of rotatable bonds is 7. The molecule has 0 saturated heterocycles. The number of carbonyl (C=O) groups is 4. The molecule has 2 atom stereocenters. The second-order valence-corrected chi connectivity index (χ2v) is 12.4. The first-order valence-electron chi connectivity index (χ1n) is 12.2. The maximum atomic E-state index is 13.7. The lowest BCUT2D eigenvalue weighted by Crippen LogP contribution is -2.52. The zero-order valence-corrected chi connectivity index (χ0v) is 25.3. The number of para-hydroxylation sites is 1. The van der Waals surface area contributed by atoms with Crippen LogP contribution in [0.3, 0.4) is 0 Å². The van der Waals surface area contributed by atoms with Crippen LogP contribution in [0.1, 0.15) is 51.2 Å². The number of esters is 1. The molecule has 0 fully saturated rings.